The molecule has 0 spiro atoms. The van der Waals surface area contributed by atoms with Crippen molar-refractivity contribution >= 4 is 39.1 Å². The highest BCUT2D eigenvalue weighted by molar-refractivity contribution is 9.09. The number of rotatable bonds is 5. The molecule has 1 fully saturated rings. The second-order valence-corrected chi connectivity index (χ2v) is 6.30. The van der Waals surface area contributed by atoms with E-state index in [4.69, 9.17) is 27.9 Å². The predicted molar refractivity (Wildman–Crippen MR) is 76.6 cm³/mol. The molecule has 1 atom stereocenters. The lowest BCUT2D eigenvalue weighted by Gasteiger charge is -2.14. The van der Waals surface area contributed by atoms with Crippen LogP contribution in [0.1, 0.15) is 36.6 Å². The van der Waals surface area contributed by atoms with Crippen molar-refractivity contribution in [1.82, 2.24) is 0 Å². The zero-order valence-electron chi connectivity index (χ0n) is 9.68. The van der Waals surface area contributed by atoms with E-state index in [9.17, 15) is 0 Å². The minimum Gasteiger partial charge on any atom is -0.492 e. The summed E-state index contributed by atoms with van der Waals surface area (Å²) in [5, 5.41) is 1.35. The number of ether oxygens (including phenoxy) is 1. The van der Waals surface area contributed by atoms with E-state index >= 15 is 0 Å². The minimum atomic E-state index is 0.288. The van der Waals surface area contributed by atoms with Gasteiger partial charge in [0.1, 0.15) is 5.75 Å². The monoisotopic (exact) mass is 336 g/mol. The second kappa shape index (κ2) is 5.81. The summed E-state index contributed by atoms with van der Waals surface area (Å²) in [7, 11) is 0. The third-order valence-electron chi connectivity index (χ3n) is 2.93. The van der Waals surface area contributed by atoms with Gasteiger partial charge in [-0.05, 0) is 30.9 Å². The molecule has 1 aliphatic carbocycles. The fourth-order valence-electron chi connectivity index (χ4n) is 1.82. The van der Waals surface area contributed by atoms with E-state index in [0.717, 1.165) is 22.9 Å². The Hall–Kier alpha value is 0.0800. The first kappa shape index (κ1) is 13.5. The Morgan fingerprint density at radius 3 is 2.65 bits per heavy atom. The van der Waals surface area contributed by atoms with Gasteiger partial charge in [-0.25, -0.2) is 0 Å². The smallest absolute Gasteiger partial charge is 0.139 e. The summed E-state index contributed by atoms with van der Waals surface area (Å²) in [5.41, 5.74) is 1.06. The Labute approximate surface area is 121 Å². The molecular formula is C13H15BrCl2O. The van der Waals surface area contributed by atoms with Crippen LogP contribution in [-0.2, 0) is 0 Å². The Bertz CT molecular complexity index is 405. The summed E-state index contributed by atoms with van der Waals surface area (Å²) in [6.07, 6.45) is 3.80. The maximum absolute atomic E-state index is 6.27. The zero-order chi connectivity index (χ0) is 12.4. The van der Waals surface area contributed by atoms with Crippen molar-refractivity contribution in [3.8, 4) is 5.75 Å². The van der Waals surface area contributed by atoms with Gasteiger partial charge in [0.25, 0.3) is 0 Å². The maximum atomic E-state index is 6.27. The molecular weight excluding hydrogens is 323 g/mol. The molecule has 17 heavy (non-hydrogen) atoms. The number of alkyl halides is 1. The van der Waals surface area contributed by atoms with Crippen LogP contribution in [0.25, 0.3) is 0 Å². The molecule has 0 saturated heterocycles. The molecule has 0 amide bonds. The largest absolute Gasteiger partial charge is 0.492 e. The van der Waals surface area contributed by atoms with E-state index < -0.39 is 0 Å². The number of hydrogen-bond donors (Lipinski definition) is 0. The van der Waals surface area contributed by atoms with Crippen LogP contribution in [0.5, 0.6) is 5.75 Å². The summed E-state index contributed by atoms with van der Waals surface area (Å²) < 4.78 is 5.41. The second-order valence-electron chi connectivity index (χ2n) is 4.38. The van der Waals surface area contributed by atoms with Crippen LogP contribution in [0.4, 0.5) is 0 Å². The lowest BCUT2D eigenvalue weighted by atomic mass is 10.1. The van der Waals surface area contributed by atoms with E-state index in [0.29, 0.717) is 17.4 Å². The molecule has 2 rings (SSSR count). The van der Waals surface area contributed by atoms with Crippen molar-refractivity contribution in [1.29, 1.82) is 0 Å². The molecule has 4 heteroatoms. The van der Waals surface area contributed by atoms with Crippen LogP contribution in [0.3, 0.4) is 0 Å². The van der Waals surface area contributed by atoms with Crippen molar-refractivity contribution in [3.05, 3.63) is 27.7 Å². The van der Waals surface area contributed by atoms with Gasteiger partial charge in [0.15, 0.2) is 0 Å². The molecule has 0 aromatic heterocycles. The van der Waals surface area contributed by atoms with Gasteiger partial charge in [-0.3, -0.25) is 0 Å². The summed E-state index contributed by atoms with van der Waals surface area (Å²) in [6, 6.07) is 3.72. The fraction of sp³-hybridized carbons (Fsp3) is 0.538. The Balaban J connectivity index is 2.18. The van der Waals surface area contributed by atoms with E-state index in [2.05, 4.69) is 15.9 Å². The van der Waals surface area contributed by atoms with Gasteiger partial charge in [0.05, 0.1) is 11.6 Å². The van der Waals surface area contributed by atoms with E-state index in [1.165, 1.54) is 12.8 Å². The Morgan fingerprint density at radius 2 is 2.06 bits per heavy atom. The van der Waals surface area contributed by atoms with Gasteiger partial charge in [0.2, 0.25) is 0 Å². The molecule has 0 bridgehead atoms. The highest BCUT2D eigenvalue weighted by Gasteiger charge is 2.26. The average Bonchev–Trinajstić information content (AvgIpc) is 3.07. The molecule has 0 N–H and O–H groups in total. The lowest BCUT2D eigenvalue weighted by molar-refractivity contribution is 0.340. The summed E-state index contributed by atoms with van der Waals surface area (Å²) in [5.74, 6) is 1.51. The molecule has 1 aliphatic rings. The lowest BCUT2D eigenvalue weighted by Crippen LogP contribution is -1.97. The molecule has 1 saturated carbocycles. The number of benzene rings is 1. The third kappa shape index (κ3) is 3.52. The Kier molecular flexibility index (Phi) is 4.62. The van der Waals surface area contributed by atoms with Crippen LogP contribution in [0, 0.1) is 5.92 Å². The maximum Gasteiger partial charge on any atom is 0.139 e. The van der Waals surface area contributed by atoms with Crippen molar-refractivity contribution in [2.24, 2.45) is 5.92 Å². The normalized spacial score (nSPS) is 16.9. The molecule has 1 unspecified atom stereocenters. The van der Waals surface area contributed by atoms with Crippen LogP contribution in [-0.4, -0.2) is 6.61 Å². The van der Waals surface area contributed by atoms with Crippen molar-refractivity contribution in [3.63, 3.8) is 0 Å². The molecule has 0 heterocycles. The first-order valence-electron chi connectivity index (χ1n) is 5.87. The highest BCUT2D eigenvalue weighted by atomic mass is 79.9. The molecule has 0 aliphatic heterocycles. The Morgan fingerprint density at radius 1 is 1.35 bits per heavy atom. The summed E-state index contributed by atoms with van der Waals surface area (Å²) in [4.78, 5) is 0.288. The molecule has 94 valence electrons. The van der Waals surface area contributed by atoms with Crippen molar-refractivity contribution < 1.29 is 4.74 Å². The first-order chi connectivity index (χ1) is 8.11. The first-order valence-corrected chi connectivity index (χ1v) is 7.54. The molecule has 1 aromatic carbocycles. The van der Waals surface area contributed by atoms with Gasteiger partial charge >= 0.3 is 0 Å². The van der Waals surface area contributed by atoms with Crippen LogP contribution < -0.4 is 4.74 Å². The van der Waals surface area contributed by atoms with Gasteiger partial charge in [-0.2, -0.15) is 0 Å². The van der Waals surface area contributed by atoms with Gasteiger partial charge in [0, 0.05) is 15.9 Å². The van der Waals surface area contributed by atoms with Gasteiger partial charge < -0.3 is 4.74 Å². The van der Waals surface area contributed by atoms with Gasteiger partial charge in [-0.1, -0.05) is 52.0 Å². The average molecular weight is 338 g/mol. The molecule has 1 aromatic rings. The minimum absolute atomic E-state index is 0.288. The summed E-state index contributed by atoms with van der Waals surface area (Å²) in [6.45, 7) is 2.52. The van der Waals surface area contributed by atoms with E-state index in [-0.39, 0.29) is 4.83 Å². The SMILES string of the molecule is CCOc1cc(Cl)c(C(Br)CC2CC2)cc1Cl. The third-order valence-corrected chi connectivity index (χ3v) is 4.42. The zero-order valence-corrected chi connectivity index (χ0v) is 12.8. The van der Waals surface area contributed by atoms with Gasteiger partial charge in [-0.15, -0.1) is 0 Å². The molecule has 0 radical (unpaired) electrons. The number of halogens is 3. The number of hydrogen-bond acceptors (Lipinski definition) is 1. The van der Waals surface area contributed by atoms with E-state index in [1.807, 2.05) is 19.1 Å². The van der Waals surface area contributed by atoms with Crippen LogP contribution >= 0.6 is 39.1 Å². The van der Waals surface area contributed by atoms with Crippen LogP contribution in [0.15, 0.2) is 12.1 Å². The molecule has 1 nitrogen and oxygen atoms in total. The van der Waals surface area contributed by atoms with Crippen molar-refractivity contribution in [2.75, 3.05) is 6.61 Å². The highest BCUT2D eigenvalue weighted by Crippen LogP contribution is 2.44. The van der Waals surface area contributed by atoms with E-state index in [1.54, 1.807) is 0 Å². The topological polar surface area (TPSA) is 9.23 Å². The predicted octanol–water partition coefficient (Wildman–Crippen LogP) is 5.63. The standard InChI is InChI=1S/C13H15BrCl2O/c1-2-17-13-7-11(15)9(6-12(13)16)10(14)5-8-3-4-8/h6-8,10H,2-5H2,1H3. The van der Waals surface area contributed by atoms with Crippen molar-refractivity contribution in [2.45, 2.75) is 31.0 Å². The quantitative estimate of drug-likeness (QED) is 0.633. The van der Waals surface area contributed by atoms with Crippen LogP contribution in [0.2, 0.25) is 10.0 Å². The fourth-order valence-corrected chi connectivity index (χ4v) is 3.37. The summed E-state index contributed by atoms with van der Waals surface area (Å²) >= 11 is 16.1.